The molecule has 0 aromatic carbocycles. The van der Waals surface area contributed by atoms with Crippen molar-refractivity contribution in [2.45, 2.75) is 65.2 Å². The van der Waals surface area contributed by atoms with E-state index in [9.17, 15) is 0 Å². The first-order chi connectivity index (χ1) is 6.17. The van der Waals surface area contributed by atoms with Crippen molar-refractivity contribution in [2.24, 2.45) is 17.3 Å². The lowest BCUT2D eigenvalue weighted by molar-refractivity contribution is 0.200. The van der Waals surface area contributed by atoms with E-state index < -0.39 is 0 Å². The lowest BCUT2D eigenvalue weighted by Crippen LogP contribution is -2.19. The molecule has 2 aliphatic rings. The van der Waals surface area contributed by atoms with Crippen LogP contribution in [0.15, 0.2) is 0 Å². The third-order valence-electron chi connectivity index (χ3n) is 4.44. The predicted molar refractivity (Wildman–Crippen MR) is 57.7 cm³/mol. The topological polar surface area (TPSA) is 0 Å². The molecular weight excluding hydrogens is 156 g/mol. The average Bonchev–Trinajstić information content (AvgIpc) is 2.46. The molecule has 2 unspecified atom stereocenters. The van der Waals surface area contributed by atoms with Crippen molar-refractivity contribution in [3.8, 4) is 0 Å². The summed E-state index contributed by atoms with van der Waals surface area (Å²) in [5.41, 5.74) is 0.646. The second kappa shape index (κ2) is 3.63. The van der Waals surface area contributed by atoms with E-state index >= 15 is 0 Å². The highest BCUT2D eigenvalue weighted by Gasteiger charge is 2.31. The summed E-state index contributed by atoms with van der Waals surface area (Å²) < 4.78 is 0. The van der Waals surface area contributed by atoms with Gasteiger partial charge in [0.2, 0.25) is 0 Å². The van der Waals surface area contributed by atoms with Gasteiger partial charge in [-0.25, -0.2) is 0 Å². The molecule has 2 aliphatic carbocycles. The van der Waals surface area contributed by atoms with Crippen LogP contribution in [0.5, 0.6) is 0 Å². The molecule has 0 N–H and O–H groups in total. The average molecular weight is 180 g/mol. The second-order valence-electron chi connectivity index (χ2n) is 6.05. The Kier molecular flexibility index (Phi) is 2.67. The van der Waals surface area contributed by atoms with Gasteiger partial charge in [0.05, 0.1) is 0 Å². The molecule has 0 aromatic rings. The van der Waals surface area contributed by atoms with Gasteiger partial charge in [-0.2, -0.15) is 0 Å². The smallest absolute Gasteiger partial charge is 0.0354 e. The number of rotatable bonds is 0. The predicted octanol–water partition coefficient (Wildman–Crippen LogP) is 4.39. The zero-order chi connectivity index (χ0) is 9.31. The summed E-state index contributed by atoms with van der Waals surface area (Å²) in [4.78, 5) is 0. The maximum Gasteiger partial charge on any atom is -0.0354 e. The first kappa shape index (κ1) is 9.55. The van der Waals surface area contributed by atoms with Crippen LogP contribution in [0.2, 0.25) is 0 Å². The van der Waals surface area contributed by atoms with E-state index in [0.29, 0.717) is 5.41 Å². The summed E-state index contributed by atoms with van der Waals surface area (Å²) in [6, 6.07) is 0. The minimum absolute atomic E-state index is 0.646. The molecule has 0 heterocycles. The molecule has 13 heavy (non-hydrogen) atoms. The minimum atomic E-state index is 0.646. The summed E-state index contributed by atoms with van der Waals surface area (Å²) in [6.45, 7) is 4.92. The number of hydrogen-bond donors (Lipinski definition) is 0. The van der Waals surface area contributed by atoms with Crippen LogP contribution < -0.4 is 0 Å². The molecule has 0 aromatic heterocycles. The molecule has 0 heteroatoms. The molecular formula is C13H24. The zero-order valence-corrected chi connectivity index (χ0v) is 9.31. The van der Waals surface area contributed by atoms with Crippen molar-refractivity contribution >= 4 is 0 Å². The maximum atomic E-state index is 2.46. The zero-order valence-electron chi connectivity index (χ0n) is 9.31. The summed E-state index contributed by atoms with van der Waals surface area (Å²) >= 11 is 0. The van der Waals surface area contributed by atoms with Crippen molar-refractivity contribution in [3.05, 3.63) is 0 Å². The maximum absolute atomic E-state index is 2.46. The highest BCUT2D eigenvalue weighted by atomic mass is 14.4. The Morgan fingerprint density at radius 1 is 0.769 bits per heavy atom. The second-order valence-corrected chi connectivity index (χ2v) is 6.05. The van der Waals surface area contributed by atoms with Gasteiger partial charge >= 0.3 is 0 Å². The van der Waals surface area contributed by atoms with Gasteiger partial charge in [-0.1, -0.05) is 46.0 Å². The number of fused-ring (bicyclic) bond motifs is 1. The van der Waals surface area contributed by atoms with Crippen LogP contribution >= 0.6 is 0 Å². The summed E-state index contributed by atoms with van der Waals surface area (Å²) in [5, 5.41) is 0. The summed E-state index contributed by atoms with van der Waals surface area (Å²) in [6.07, 6.45) is 12.1. The molecule has 2 fully saturated rings. The Labute approximate surface area is 83.1 Å². The number of hydrogen-bond acceptors (Lipinski definition) is 0. The van der Waals surface area contributed by atoms with Gasteiger partial charge in [0.1, 0.15) is 0 Å². The normalized spacial score (nSPS) is 39.2. The van der Waals surface area contributed by atoms with Gasteiger partial charge in [-0.05, 0) is 36.5 Å². The van der Waals surface area contributed by atoms with Crippen molar-refractivity contribution in [1.29, 1.82) is 0 Å². The van der Waals surface area contributed by atoms with Crippen LogP contribution in [-0.2, 0) is 0 Å². The fraction of sp³-hybridized carbons (Fsp3) is 1.00. The monoisotopic (exact) mass is 180 g/mol. The van der Waals surface area contributed by atoms with Crippen molar-refractivity contribution in [3.63, 3.8) is 0 Å². The third-order valence-corrected chi connectivity index (χ3v) is 4.44. The molecule has 0 bridgehead atoms. The minimum Gasteiger partial charge on any atom is -0.0599 e. The van der Waals surface area contributed by atoms with Crippen molar-refractivity contribution in [2.75, 3.05) is 0 Å². The Morgan fingerprint density at radius 2 is 1.38 bits per heavy atom. The standard InChI is InChI=1S/C13H24/c1-13(2)9-4-7-11-5-3-6-12(11)8-10-13/h11-12H,3-10H2,1-2H3. The largest absolute Gasteiger partial charge is 0.0599 e. The molecule has 0 spiro atoms. The van der Waals surface area contributed by atoms with Crippen LogP contribution in [0, 0.1) is 17.3 Å². The molecule has 2 atom stereocenters. The van der Waals surface area contributed by atoms with Gasteiger partial charge in [0.15, 0.2) is 0 Å². The third kappa shape index (κ3) is 2.27. The molecule has 76 valence electrons. The SMILES string of the molecule is CC1(C)CCCC2CCCC2CC1. The Hall–Kier alpha value is 0. The van der Waals surface area contributed by atoms with E-state index in [1.807, 2.05) is 0 Å². The lowest BCUT2D eigenvalue weighted by atomic mass is 9.74. The highest BCUT2D eigenvalue weighted by molar-refractivity contribution is 4.83. The molecule has 2 rings (SSSR count). The van der Waals surface area contributed by atoms with Gasteiger partial charge in [0.25, 0.3) is 0 Å². The van der Waals surface area contributed by atoms with Gasteiger partial charge in [-0.3, -0.25) is 0 Å². The Balaban J connectivity index is 1.95. The van der Waals surface area contributed by atoms with Crippen molar-refractivity contribution in [1.82, 2.24) is 0 Å². The van der Waals surface area contributed by atoms with Crippen LogP contribution in [-0.4, -0.2) is 0 Å². The van der Waals surface area contributed by atoms with E-state index in [1.165, 1.54) is 38.5 Å². The van der Waals surface area contributed by atoms with Crippen LogP contribution in [0.4, 0.5) is 0 Å². The van der Waals surface area contributed by atoms with E-state index in [4.69, 9.17) is 0 Å². The van der Waals surface area contributed by atoms with E-state index in [0.717, 1.165) is 11.8 Å². The van der Waals surface area contributed by atoms with E-state index in [1.54, 1.807) is 12.8 Å². The van der Waals surface area contributed by atoms with Crippen LogP contribution in [0.1, 0.15) is 65.2 Å². The highest BCUT2D eigenvalue weighted by Crippen LogP contribution is 2.44. The summed E-state index contributed by atoms with van der Waals surface area (Å²) in [5.74, 6) is 2.23. The quantitative estimate of drug-likeness (QED) is 0.518. The molecule has 0 nitrogen and oxygen atoms in total. The summed E-state index contributed by atoms with van der Waals surface area (Å²) in [7, 11) is 0. The van der Waals surface area contributed by atoms with Crippen LogP contribution in [0.25, 0.3) is 0 Å². The van der Waals surface area contributed by atoms with E-state index in [2.05, 4.69) is 13.8 Å². The van der Waals surface area contributed by atoms with Gasteiger partial charge < -0.3 is 0 Å². The molecule has 0 radical (unpaired) electrons. The van der Waals surface area contributed by atoms with Crippen LogP contribution in [0.3, 0.4) is 0 Å². The van der Waals surface area contributed by atoms with E-state index in [-0.39, 0.29) is 0 Å². The molecule has 2 saturated carbocycles. The first-order valence-corrected chi connectivity index (χ1v) is 6.17. The Bertz CT molecular complexity index is 169. The fourth-order valence-electron chi connectivity index (χ4n) is 3.42. The van der Waals surface area contributed by atoms with Gasteiger partial charge in [-0.15, -0.1) is 0 Å². The lowest BCUT2D eigenvalue weighted by Gasteiger charge is -2.32. The van der Waals surface area contributed by atoms with Gasteiger partial charge in [0, 0.05) is 0 Å². The molecule has 0 aliphatic heterocycles. The molecule has 0 amide bonds. The molecule has 0 saturated heterocycles. The fourth-order valence-corrected chi connectivity index (χ4v) is 3.42. The Morgan fingerprint density at radius 3 is 2.15 bits per heavy atom. The van der Waals surface area contributed by atoms with Crippen molar-refractivity contribution < 1.29 is 0 Å². The first-order valence-electron chi connectivity index (χ1n) is 6.17.